The molecule has 8 heteroatoms. The number of likely N-dealkylation sites (N-methyl/N-ethyl adjacent to an activating group) is 1. The van der Waals surface area contributed by atoms with E-state index < -0.39 is 0 Å². The highest BCUT2D eigenvalue weighted by Crippen LogP contribution is 2.23. The normalized spacial score (nSPS) is 12.1. The van der Waals surface area contributed by atoms with Crippen LogP contribution in [0.5, 0.6) is 0 Å². The Morgan fingerprint density at radius 1 is 1.00 bits per heavy atom. The Bertz CT molecular complexity index is 1130. The van der Waals surface area contributed by atoms with Crippen LogP contribution in [0.15, 0.2) is 80.7 Å². The number of unbranched alkanes of at least 4 members (excludes halogenated alkanes) is 1. The van der Waals surface area contributed by atoms with Gasteiger partial charge in [-0.3, -0.25) is 14.5 Å². The van der Waals surface area contributed by atoms with Crippen molar-refractivity contribution in [1.82, 2.24) is 15.6 Å². The predicted octanol–water partition coefficient (Wildman–Crippen LogP) is 5.47. The van der Waals surface area contributed by atoms with Gasteiger partial charge in [0.2, 0.25) is 0 Å². The van der Waals surface area contributed by atoms with E-state index in [4.69, 9.17) is 4.42 Å². The van der Waals surface area contributed by atoms with E-state index in [9.17, 15) is 9.59 Å². The summed E-state index contributed by atoms with van der Waals surface area (Å²) in [4.78, 5) is 27.2. The van der Waals surface area contributed by atoms with Crippen molar-refractivity contribution < 1.29 is 14.0 Å². The van der Waals surface area contributed by atoms with E-state index in [1.54, 1.807) is 12.1 Å². The summed E-state index contributed by atoms with van der Waals surface area (Å²) in [5.74, 6) is 1.06. The molecule has 0 saturated carbocycles. The number of nitrogens with one attached hydrogen (secondary N) is 2. The second-order valence-corrected chi connectivity index (χ2v) is 9.21. The Kier molecular flexibility index (Phi) is 10.9. The first-order valence-electron chi connectivity index (χ1n) is 12.3. The third kappa shape index (κ3) is 8.17. The van der Waals surface area contributed by atoms with Crippen LogP contribution in [-0.4, -0.2) is 48.6 Å². The summed E-state index contributed by atoms with van der Waals surface area (Å²) >= 11 is 3.43. The number of furan rings is 1. The van der Waals surface area contributed by atoms with Crippen molar-refractivity contribution in [1.29, 1.82) is 0 Å². The smallest absolute Gasteiger partial charge is 0.257 e. The lowest BCUT2D eigenvalue weighted by Gasteiger charge is -2.27. The molecule has 7 nitrogen and oxygen atoms in total. The fraction of sp³-hybridized carbons (Fsp3) is 0.321. The molecule has 0 aliphatic carbocycles. The van der Waals surface area contributed by atoms with Crippen LogP contribution in [0.2, 0.25) is 0 Å². The molecule has 3 rings (SSSR count). The molecule has 3 aromatic rings. The molecule has 2 N–H and O–H groups in total. The molecule has 1 aromatic heterocycles. The fourth-order valence-corrected chi connectivity index (χ4v) is 4.19. The maximum Gasteiger partial charge on any atom is 0.257 e. The predicted molar refractivity (Wildman–Crippen MR) is 147 cm³/mol. The second-order valence-electron chi connectivity index (χ2n) is 8.30. The minimum atomic E-state index is -0.295. The summed E-state index contributed by atoms with van der Waals surface area (Å²) in [6.45, 7) is 6.17. The maximum absolute atomic E-state index is 12.9. The molecule has 0 saturated heterocycles. The van der Waals surface area contributed by atoms with Crippen LogP contribution < -0.4 is 10.7 Å². The molecule has 2 aromatic carbocycles. The van der Waals surface area contributed by atoms with Gasteiger partial charge in [-0.2, -0.15) is 5.10 Å². The molecule has 0 spiro atoms. The number of rotatable bonds is 13. The molecule has 36 heavy (non-hydrogen) atoms. The largest absolute Gasteiger partial charge is 0.455 e. The molecule has 1 heterocycles. The molecule has 0 radical (unpaired) electrons. The number of hydrazone groups is 1. The Morgan fingerprint density at radius 2 is 1.72 bits per heavy atom. The summed E-state index contributed by atoms with van der Waals surface area (Å²) in [5, 5.41) is 7.06. The quantitative estimate of drug-likeness (QED) is 0.167. The molecule has 0 fully saturated rings. The molecular formula is C28H33BrN4O3. The third-order valence-electron chi connectivity index (χ3n) is 5.90. The van der Waals surface area contributed by atoms with Crippen molar-refractivity contribution in [2.45, 2.75) is 39.2 Å². The molecule has 1 unspecified atom stereocenters. The van der Waals surface area contributed by atoms with Crippen molar-refractivity contribution in [3.8, 4) is 11.3 Å². The average molecular weight is 554 g/mol. The summed E-state index contributed by atoms with van der Waals surface area (Å²) in [6, 6.07) is 20.4. The van der Waals surface area contributed by atoms with E-state index in [0.29, 0.717) is 24.3 Å². The van der Waals surface area contributed by atoms with Crippen LogP contribution in [0.3, 0.4) is 0 Å². The van der Waals surface area contributed by atoms with Crippen molar-refractivity contribution in [2.75, 3.05) is 19.6 Å². The first-order chi connectivity index (χ1) is 17.5. The van der Waals surface area contributed by atoms with Gasteiger partial charge in [0, 0.05) is 22.1 Å². The zero-order valence-electron chi connectivity index (χ0n) is 20.7. The van der Waals surface area contributed by atoms with Crippen LogP contribution in [0.1, 0.15) is 49.2 Å². The SMILES string of the molecule is CCN(CC)C(CCCCNC(=O)c1ccccc1)C(=O)N/N=C/c1ccc(-c2ccc(Br)cc2)o1. The van der Waals surface area contributed by atoms with Crippen molar-refractivity contribution >= 4 is 34.0 Å². The van der Waals surface area contributed by atoms with Crippen LogP contribution in [0, 0.1) is 0 Å². The molecular weight excluding hydrogens is 520 g/mol. The van der Waals surface area contributed by atoms with Gasteiger partial charge in [-0.25, -0.2) is 5.43 Å². The van der Waals surface area contributed by atoms with Gasteiger partial charge in [-0.15, -0.1) is 0 Å². The van der Waals surface area contributed by atoms with Crippen LogP contribution in [0.25, 0.3) is 11.3 Å². The number of nitrogens with zero attached hydrogens (tertiary/aromatic N) is 2. The van der Waals surface area contributed by atoms with Gasteiger partial charge in [0.1, 0.15) is 11.5 Å². The van der Waals surface area contributed by atoms with E-state index in [2.05, 4.69) is 36.7 Å². The molecule has 190 valence electrons. The van der Waals surface area contributed by atoms with E-state index in [0.717, 1.165) is 41.7 Å². The van der Waals surface area contributed by atoms with Gasteiger partial charge in [0.15, 0.2) is 0 Å². The second kappa shape index (κ2) is 14.4. The lowest BCUT2D eigenvalue weighted by atomic mass is 10.1. The number of hydrogen-bond acceptors (Lipinski definition) is 5. The van der Waals surface area contributed by atoms with E-state index >= 15 is 0 Å². The number of carbonyl (C=O) groups excluding carboxylic acids is 2. The molecule has 0 bridgehead atoms. The van der Waals surface area contributed by atoms with E-state index in [1.165, 1.54) is 6.21 Å². The number of halogens is 1. The monoisotopic (exact) mass is 552 g/mol. The van der Waals surface area contributed by atoms with Crippen LogP contribution in [0.4, 0.5) is 0 Å². The van der Waals surface area contributed by atoms with Gasteiger partial charge in [0.05, 0.1) is 12.3 Å². The Balaban J connectivity index is 1.49. The number of amides is 2. The van der Waals surface area contributed by atoms with Gasteiger partial charge < -0.3 is 9.73 Å². The zero-order chi connectivity index (χ0) is 25.8. The fourth-order valence-electron chi connectivity index (χ4n) is 3.93. The summed E-state index contributed by atoms with van der Waals surface area (Å²) in [7, 11) is 0. The number of benzene rings is 2. The maximum atomic E-state index is 12.9. The molecule has 2 amide bonds. The van der Waals surface area contributed by atoms with Crippen molar-refractivity contribution in [2.24, 2.45) is 5.10 Å². The Labute approximate surface area is 221 Å². The zero-order valence-corrected chi connectivity index (χ0v) is 22.3. The van der Waals surface area contributed by atoms with Gasteiger partial charge >= 0.3 is 0 Å². The van der Waals surface area contributed by atoms with Crippen molar-refractivity contribution in [3.05, 3.63) is 82.5 Å². The molecule has 1 atom stereocenters. The van der Waals surface area contributed by atoms with E-state index in [-0.39, 0.29) is 17.9 Å². The van der Waals surface area contributed by atoms with E-state index in [1.807, 2.05) is 68.4 Å². The number of carbonyl (C=O) groups is 2. The summed E-state index contributed by atoms with van der Waals surface area (Å²) < 4.78 is 6.83. The minimum absolute atomic E-state index is 0.0795. The highest BCUT2D eigenvalue weighted by Gasteiger charge is 2.23. The van der Waals surface area contributed by atoms with Gasteiger partial charge in [0.25, 0.3) is 11.8 Å². The topological polar surface area (TPSA) is 86.9 Å². The summed E-state index contributed by atoms with van der Waals surface area (Å²) in [6.07, 6.45) is 3.79. The first kappa shape index (κ1) is 27.4. The standard InChI is InChI=1S/C28H33BrN4O3/c1-3-33(4-2)25(12-8-9-19-30-27(34)22-10-6-5-7-11-22)28(35)32-31-20-24-17-18-26(36-24)21-13-15-23(29)16-14-21/h5-7,10-11,13-18,20,25H,3-4,8-9,12,19H2,1-2H3,(H,30,34)(H,32,35)/b31-20+. The molecule has 0 aliphatic heterocycles. The Morgan fingerprint density at radius 3 is 2.42 bits per heavy atom. The van der Waals surface area contributed by atoms with Crippen LogP contribution in [-0.2, 0) is 4.79 Å². The van der Waals surface area contributed by atoms with Gasteiger partial charge in [-0.05, 0) is 68.8 Å². The van der Waals surface area contributed by atoms with Gasteiger partial charge in [-0.1, -0.05) is 60.1 Å². The number of hydrogen-bond donors (Lipinski definition) is 2. The van der Waals surface area contributed by atoms with Crippen LogP contribution >= 0.6 is 15.9 Å². The Hall–Kier alpha value is -3.23. The lowest BCUT2D eigenvalue weighted by molar-refractivity contribution is -0.126. The van der Waals surface area contributed by atoms with Crippen molar-refractivity contribution in [3.63, 3.8) is 0 Å². The third-order valence-corrected chi connectivity index (χ3v) is 6.43. The molecule has 0 aliphatic rings. The highest BCUT2D eigenvalue weighted by molar-refractivity contribution is 9.10. The minimum Gasteiger partial charge on any atom is -0.455 e. The average Bonchev–Trinajstić information content (AvgIpc) is 3.37. The lowest BCUT2D eigenvalue weighted by Crippen LogP contribution is -2.45. The highest BCUT2D eigenvalue weighted by atomic mass is 79.9. The summed E-state index contributed by atoms with van der Waals surface area (Å²) in [5.41, 5.74) is 4.28. The first-order valence-corrected chi connectivity index (χ1v) is 13.1.